The van der Waals surface area contributed by atoms with Crippen LogP contribution in [0.1, 0.15) is 24.0 Å². The Morgan fingerprint density at radius 3 is 2.73 bits per heavy atom. The Kier molecular flexibility index (Phi) is 3.28. The van der Waals surface area contributed by atoms with Gasteiger partial charge in [-0.3, -0.25) is 0 Å². The molecule has 2 aromatic rings. The highest BCUT2D eigenvalue weighted by atomic mass is 79.9. The third-order valence-electron chi connectivity index (χ3n) is 2.19. The predicted molar refractivity (Wildman–Crippen MR) is 58.4 cm³/mol. The minimum absolute atomic E-state index is 0.571. The molecule has 2 heterocycles. The molecule has 80 valence electrons. The van der Waals surface area contributed by atoms with Gasteiger partial charge in [-0.1, -0.05) is 0 Å². The Hall–Kier alpha value is -1.00. The van der Waals surface area contributed by atoms with E-state index in [1.54, 1.807) is 18.6 Å². The summed E-state index contributed by atoms with van der Waals surface area (Å²) < 4.78 is 11.1. The highest BCUT2D eigenvalue weighted by Gasteiger charge is 2.15. The highest BCUT2D eigenvalue weighted by Crippen LogP contribution is 2.27. The molecule has 0 fully saturated rings. The van der Waals surface area contributed by atoms with Gasteiger partial charge in [-0.15, -0.1) is 0 Å². The Morgan fingerprint density at radius 1 is 1.27 bits per heavy atom. The molecule has 0 radical (unpaired) electrons. The quantitative estimate of drug-likeness (QED) is 0.928. The van der Waals surface area contributed by atoms with Gasteiger partial charge in [-0.05, 0) is 40.5 Å². The van der Waals surface area contributed by atoms with E-state index in [0.29, 0.717) is 18.6 Å². The molecule has 0 saturated heterocycles. The molecule has 1 unspecified atom stereocenters. The summed E-state index contributed by atoms with van der Waals surface area (Å²) in [4.78, 5) is 0. The molecule has 0 aromatic carbocycles. The second-order valence-electron chi connectivity index (χ2n) is 3.27. The average molecular weight is 271 g/mol. The van der Waals surface area contributed by atoms with E-state index in [4.69, 9.17) is 8.83 Å². The molecule has 3 nitrogen and oxygen atoms in total. The minimum Gasteiger partial charge on any atom is -0.469 e. The van der Waals surface area contributed by atoms with E-state index in [1.165, 1.54) is 0 Å². The van der Waals surface area contributed by atoms with Crippen molar-refractivity contribution in [3.8, 4) is 0 Å². The number of hydrogen-bond acceptors (Lipinski definition) is 3. The number of furan rings is 2. The Labute approximate surface area is 95.8 Å². The lowest BCUT2D eigenvalue weighted by Gasteiger charge is -2.06. The first-order valence-corrected chi connectivity index (χ1v) is 5.50. The topological polar surface area (TPSA) is 46.5 Å². The van der Waals surface area contributed by atoms with Gasteiger partial charge in [0.05, 0.1) is 17.0 Å². The van der Waals surface area contributed by atoms with Crippen LogP contribution in [0.15, 0.2) is 44.0 Å². The van der Waals surface area contributed by atoms with Crippen molar-refractivity contribution in [3.05, 3.63) is 46.7 Å². The van der Waals surface area contributed by atoms with Gasteiger partial charge in [-0.2, -0.15) is 0 Å². The fourth-order valence-electron chi connectivity index (χ4n) is 1.41. The Balaban J connectivity index is 1.93. The van der Waals surface area contributed by atoms with Gasteiger partial charge in [0.15, 0.2) is 0 Å². The molecule has 4 heteroatoms. The fraction of sp³-hybridized carbons (Fsp3) is 0.273. The number of rotatable bonds is 4. The second-order valence-corrected chi connectivity index (χ2v) is 4.12. The lowest BCUT2D eigenvalue weighted by Crippen LogP contribution is -1.98. The molecular formula is C11H11BrO3. The summed E-state index contributed by atoms with van der Waals surface area (Å²) in [7, 11) is 0. The average Bonchev–Trinajstić information content (AvgIpc) is 2.84. The van der Waals surface area contributed by atoms with E-state index in [1.807, 2.05) is 12.1 Å². The number of aliphatic hydroxyl groups excluding tert-OH is 1. The first-order chi connectivity index (χ1) is 7.27. The van der Waals surface area contributed by atoms with Crippen molar-refractivity contribution in [2.75, 3.05) is 0 Å². The normalized spacial score (nSPS) is 12.9. The van der Waals surface area contributed by atoms with Crippen LogP contribution in [0.2, 0.25) is 0 Å². The third-order valence-corrected chi connectivity index (χ3v) is 2.85. The van der Waals surface area contributed by atoms with Crippen LogP contribution in [0.5, 0.6) is 0 Å². The zero-order valence-corrected chi connectivity index (χ0v) is 9.61. The summed E-state index contributed by atoms with van der Waals surface area (Å²) in [6, 6.07) is 5.50. The number of hydrogen-bond donors (Lipinski definition) is 1. The maximum Gasteiger partial charge on any atom is 0.146 e. The van der Waals surface area contributed by atoms with E-state index in [2.05, 4.69) is 15.9 Å². The molecule has 0 aliphatic carbocycles. The van der Waals surface area contributed by atoms with E-state index in [9.17, 15) is 5.11 Å². The lowest BCUT2D eigenvalue weighted by molar-refractivity contribution is 0.137. The maximum absolute atomic E-state index is 9.82. The molecule has 2 aromatic heterocycles. The van der Waals surface area contributed by atoms with Gasteiger partial charge < -0.3 is 13.9 Å². The molecule has 0 spiro atoms. The van der Waals surface area contributed by atoms with Crippen LogP contribution in [0.25, 0.3) is 0 Å². The van der Waals surface area contributed by atoms with E-state index in [0.717, 1.165) is 10.2 Å². The van der Waals surface area contributed by atoms with Crippen molar-refractivity contribution in [3.63, 3.8) is 0 Å². The van der Waals surface area contributed by atoms with Gasteiger partial charge in [0, 0.05) is 6.42 Å². The Bertz CT molecular complexity index is 405. The van der Waals surface area contributed by atoms with Crippen LogP contribution in [-0.4, -0.2) is 5.11 Å². The third kappa shape index (κ3) is 2.52. The molecule has 0 bridgehead atoms. The second kappa shape index (κ2) is 4.68. The van der Waals surface area contributed by atoms with E-state index in [-0.39, 0.29) is 0 Å². The van der Waals surface area contributed by atoms with Crippen molar-refractivity contribution in [1.29, 1.82) is 0 Å². The molecule has 1 N–H and O–H groups in total. The zero-order chi connectivity index (χ0) is 10.7. The monoisotopic (exact) mass is 270 g/mol. The summed E-state index contributed by atoms with van der Waals surface area (Å²) in [5.74, 6) is 1.44. The molecule has 0 aliphatic heterocycles. The summed E-state index contributed by atoms with van der Waals surface area (Å²) >= 11 is 3.31. The lowest BCUT2D eigenvalue weighted by atomic mass is 10.1. The number of halogens is 1. The minimum atomic E-state index is -0.598. The van der Waals surface area contributed by atoms with Crippen LogP contribution < -0.4 is 0 Å². The van der Waals surface area contributed by atoms with Crippen LogP contribution in [0, 0.1) is 0 Å². The molecule has 2 rings (SSSR count). The first-order valence-electron chi connectivity index (χ1n) is 4.70. The van der Waals surface area contributed by atoms with Gasteiger partial charge in [0.2, 0.25) is 0 Å². The van der Waals surface area contributed by atoms with Gasteiger partial charge in [0.25, 0.3) is 0 Å². The van der Waals surface area contributed by atoms with Crippen molar-refractivity contribution < 1.29 is 13.9 Å². The summed E-state index contributed by atoms with van der Waals surface area (Å²) in [6.45, 7) is 0. The van der Waals surface area contributed by atoms with Crippen LogP contribution in [-0.2, 0) is 6.42 Å². The molecule has 0 aliphatic rings. The summed E-state index contributed by atoms with van der Waals surface area (Å²) in [5.41, 5.74) is 0. The summed E-state index contributed by atoms with van der Waals surface area (Å²) in [5, 5.41) is 9.82. The van der Waals surface area contributed by atoms with Gasteiger partial charge >= 0.3 is 0 Å². The van der Waals surface area contributed by atoms with Crippen molar-refractivity contribution >= 4 is 15.9 Å². The number of aliphatic hydroxyl groups is 1. The van der Waals surface area contributed by atoms with Crippen LogP contribution >= 0.6 is 15.9 Å². The molecule has 15 heavy (non-hydrogen) atoms. The van der Waals surface area contributed by atoms with E-state index >= 15 is 0 Å². The van der Waals surface area contributed by atoms with Gasteiger partial charge in [-0.25, -0.2) is 0 Å². The Morgan fingerprint density at radius 2 is 2.13 bits per heavy atom. The van der Waals surface area contributed by atoms with Crippen molar-refractivity contribution in [1.82, 2.24) is 0 Å². The molecule has 0 amide bonds. The number of aryl methyl sites for hydroxylation is 1. The smallest absolute Gasteiger partial charge is 0.146 e. The first kappa shape index (κ1) is 10.5. The largest absolute Gasteiger partial charge is 0.469 e. The van der Waals surface area contributed by atoms with Crippen molar-refractivity contribution in [2.45, 2.75) is 18.9 Å². The molecule has 0 saturated carbocycles. The molecule has 1 atom stereocenters. The highest BCUT2D eigenvalue weighted by molar-refractivity contribution is 9.10. The summed E-state index contributed by atoms with van der Waals surface area (Å²) in [6.07, 6.45) is 3.86. The van der Waals surface area contributed by atoms with Crippen LogP contribution in [0.3, 0.4) is 0 Å². The van der Waals surface area contributed by atoms with Crippen LogP contribution in [0.4, 0.5) is 0 Å². The SMILES string of the molecule is OC(CCc1ccco1)c1occc1Br. The maximum atomic E-state index is 9.82. The fourth-order valence-corrected chi connectivity index (χ4v) is 1.87. The zero-order valence-electron chi connectivity index (χ0n) is 8.02. The van der Waals surface area contributed by atoms with Gasteiger partial charge in [0.1, 0.15) is 17.6 Å². The standard InChI is InChI=1S/C11H11BrO3/c12-9-5-7-15-11(9)10(13)4-3-8-2-1-6-14-8/h1-2,5-7,10,13H,3-4H2. The van der Waals surface area contributed by atoms with E-state index < -0.39 is 6.10 Å². The molecular weight excluding hydrogens is 260 g/mol. The predicted octanol–water partition coefficient (Wildman–Crippen LogP) is 3.30. The van der Waals surface area contributed by atoms with Crippen molar-refractivity contribution in [2.24, 2.45) is 0 Å².